The molecule has 0 aliphatic carbocycles. The van der Waals surface area contributed by atoms with E-state index in [1.807, 2.05) is 13.0 Å². The summed E-state index contributed by atoms with van der Waals surface area (Å²) in [6, 6.07) is 9.99. The molecular weight excluding hydrogens is 390 g/mol. The molecule has 1 atom stereocenters. The number of hydrogen-bond acceptors (Lipinski definition) is 6. The molecule has 8 nitrogen and oxygen atoms in total. The molecular formula is C23H29N7O. The summed E-state index contributed by atoms with van der Waals surface area (Å²) in [4.78, 5) is 21.8. The fourth-order valence-corrected chi connectivity index (χ4v) is 3.94. The number of aromatic nitrogens is 4. The third kappa shape index (κ3) is 5.08. The molecule has 1 amide bonds. The van der Waals surface area contributed by atoms with Crippen molar-refractivity contribution in [2.45, 2.75) is 46.2 Å². The van der Waals surface area contributed by atoms with Crippen molar-refractivity contribution in [2.24, 2.45) is 0 Å². The highest BCUT2D eigenvalue weighted by atomic mass is 16.2. The number of benzene rings is 1. The van der Waals surface area contributed by atoms with Crippen molar-refractivity contribution >= 4 is 17.5 Å². The maximum atomic E-state index is 12.9. The van der Waals surface area contributed by atoms with Gasteiger partial charge in [0, 0.05) is 31.0 Å². The van der Waals surface area contributed by atoms with Crippen LogP contribution in [0.3, 0.4) is 0 Å². The molecule has 2 aromatic heterocycles. The van der Waals surface area contributed by atoms with Gasteiger partial charge in [-0.2, -0.15) is 5.10 Å². The zero-order valence-electron chi connectivity index (χ0n) is 18.3. The van der Waals surface area contributed by atoms with Gasteiger partial charge in [-0.25, -0.2) is 9.97 Å². The molecule has 8 heteroatoms. The number of aryl methyl sites for hydroxylation is 3. The fraction of sp³-hybridized carbons (Fsp3) is 0.391. The quantitative estimate of drug-likeness (QED) is 0.568. The first kappa shape index (κ1) is 21.0. The molecule has 3 N–H and O–H groups in total. The van der Waals surface area contributed by atoms with Crippen molar-refractivity contribution in [1.29, 1.82) is 0 Å². The largest absolute Gasteiger partial charge is 0.347 e. The standard InChI is InChI=1S/C23H29N7O/c1-4-30-21(22(31)26-17-6-5-8-24-14-17)13-20(29-30)19-7-9-25-23(28-19)27-18-11-15(2)10-16(3)12-18/h7,9-13,17,24H,4-6,8,14H2,1-3H3,(H,26,31)(H,25,27,28)/t17-/m1/s1. The van der Waals surface area contributed by atoms with Gasteiger partial charge in [0.05, 0.1) is 5.69 Å². The van der Waals surface area contributed by atoms with Gasteiger partial charge >= 0.3 is 0 Å². The molecule has 1 aliphatic heterocycles. The van der Waals surface area contributed by atoms with Crippen LogP contribution in [0, 0.1) is 13.8 Å². The predicted molar refractivity (Wildman–Crippen MR) is 121 cm³/mol. The molecule has 31 heavy (non-hydrogen) atoms. The van der Waals surface area contributed by atoms with Gasteiger partial charge in [0.15, 0.2) is 0 Å². The minimum atomic E-state index is -0.100. The van der Waals surface area contributed by atoms with E-state index in [-0.39, 0.29) is 11.9 Å². The number of nitrogens with zero attached hydrogens (tertiary/aromatic N) is 4. The van der Waals surface area contributed by atoms with Crippen LogP contribution in [0.15, 0.2) is 36.5 Å². The number of rotatable bonds is 6. The zero-order valence-corrected chi connectivity index (χ0v) is 18.3. The van der Waals surface area contributed by atoms with Crippen LogP contribution in [0.2, 0.25) is 0 Å². The molecule has 0 saturated carbocycles. The van der Waals surface area contributed by atoms with Crippen molar-refractivity contribution in [1.82, 2.24) is 30.4 Å². The van der Waals surface area contributed by atoms with Crippen molar-refractivity contribution in [3.05, 3.63) is 53.3 Å². The topological polar surface area (TPSA) is 96.8 Å². The van der Waals surface area contributed by atoms with Gasteiger partial charge in [0.1, 0.15) is 11.4 Å². The van der Waals surface area contributed by atoms with Crippen LogP contribution < -0.4 is 16.0 Å². The van der Waals surface area contributed by atoms with Crippen LogP contribution >= 0.6 is 0 Å². The number of nitrogens with one attached hydrogen (secondary N) is 3. The van der Waals surface area contributed by atoms with Gasteiger partial charge in [-0.3, -0.25) is 9.48 Å². The molecule has 4 rings (SSSR count). The molecule has 0 unspecified atom stereocenters. The maximum absolute atomic E-state index is 12.9. The molecule has 1 fully saturated rings. The second-order valence-corrected chi connectivity index (χ2v) is 8.01. The Morgan fingerprint density at radius 2 is 2.00 bits per heavy atom. The van der Waals surface area contributed by atoms with Crippen LogP contribution in [-0.2, 0) is 6.54 Å². The first-order valence-electron chi connectivity index (χ1n) is 10.8. The predicted octanol–water partition coefficient (Wildman–Crippen LogP) is 3.20. The molecule has 1 aliphatic rings. The lowest BCUT2D eigenvalue weighted by Crippen LogP contribution is -2.46. The second-order valence-electron chi connectivity index (χ2n) is 8.01. The lowest BCUT2D eigenvalue weighted by molar-refractivity contribution is 0.0920. The average Bonchev–Trinajstić information content (AvgIpc) is 3.19. The van der Waals surface area contributed by atoms with Crippen LogP contribution in [-0.4, -0.2) is 44.8 Å². The van der Waals surface area contributed by atoms with E-state index in [0.717, 1.165) is 31.6 Å². The highest BCUT2D eigenvalue weighted by Gasteiger charge is 2.21. The Kier molecular flexibility index (Phi) is 6.27. The Balaban J connectivity index is 1.55. The highest BCUT2D eigenvalue weighted by Crippen LogP contribution is 2.21. The first-order valence-corrected chi connectivity index (χ1v) is 10.8. The Morgan fingerprint density at radius 1 is 1.19 bits per heavy atom. The molecule has 0 bridgehead atoms. The summed E-state index contributed by atoms with van der Waals surface area (Å²) in [6.45, 7) is 8.51. The monoisotopic (exact) mass is 419 g/mol. The number of carbonyl (C=O) groups excluding carboxylic acids is 1. The van der Waals surface area contributed by atoms with Crippen LogP contribution in [0.5, 0.6) is 0 Å². The summed E-state index contributed by atoms with van der Waals surface area (Å²) in [5, 5.41) is 14.3. The number of piperidine rings is 1. The van der Waals surface area contributed by atoms with Gasteiger partial charge in [-0.15, -0.1) is 0 Å². The number of amides is 1. The van der Waals surface area contributed by atoms with Gasteiger partial charge in [0.2, 0.25) is 5.95 Å². The smallest absolute Gasteiger partial charge is 0.269 e. The summed E-state index contributed by atoms with van der Waals surface area (Å²) in [5.41, 5.74) is 5.15. The van der Waals surface area contributed by atoms with Crippen LogP contribution in [0.1, 0.15) is 41.4 Å². The van der Waals surface area contributed by atoms with E-state index in [0.29, 0.717) is 29.6 Å². The van der Waals surface area contributed by atoms with Crippen molar-refractivity contribution in [3.8, 4) is 11.4 Å². The van der Waals surface area contributed by atoms with E-state index in [1.54, 1.807) is 16.9 Å². The van der Waals surface area contributed by atoms with E-state index < -0.39 is 0 Å². The molecule has 3 heterocycles. The van der Waals surface area contributed by atoms with E-state index in [1.165, 1.54) is 11.1 Å². The van der Waals surface area contributed by atoms with Gasteiger partial charge < -0.3 is 16.0 Å². The molecule has 0 spiro atoms. The summed E-state index contributed by atoms with van der Waals surface area (Å²) >= 11 is 0. The van der Waals surface area contributed by atoms with E-state index >= 15 is 0 Å². The Morgan fingerprint density at radius 3 is 2.71 bits per heavy atom. The summed E-state index contributed by atoms with van der Waals surface area (Å²) in [5.74, 6) is 0.393. The van der Waals surface area contributed by atoms with E-state index in [2.05, 4.69) is 63.1 Å². The zero-order chi connectivity index (χ0) is 21.8. The molecule has 1 aromatic carbocycles. The SMILES string of the molecule is CCn1nc(-c2ccnc(Nc3cc(C)cc(C)c3)n2)cc1C(=O)N[C@@H]1CCCNC1. The van der Waals surface area contributed by atoms with E-state index in [4.69, 9.17) is 0 Å². The maximum Gasteiger partial charge on any atom is 0.269 e. The lowest BCUT2D eigenvalue weighted by Gasteiger charge is -2.23. The number of carbonyl (C=O) groups is 1. The van der Waals surface area contributed by atoms with Gasteiger partial charge in [-0.05, 0) is 75.5 Å². The lowest BCUT2D eigenvalue weighted by atomic mass is 10.1. The van der Waals surface area contributed by atoms with E-state index in [9.17, 15) is 4.79 Å². The third-order valence-electron chi connectivity index (χ3n) is 5.34. The third-order valence-corrected chi connectivity index (χ3v) is 5.34. The normalized spacial score (nSPS) is 16.2. The molecule has 0 radical (unpaired) electrons. The van der Waals surface area contributed by atoms with Gasteiger partial charge in [-0.1, -0.05) is 6.07 Å². The Bertz CT molecular complexity index is 1050. The molecule has 3 aromatic rings. The minimum absolute atomic E-state index is 0.100. The van der Waals surface area contributed by atoms with Crippen molar-refractivity contribution in [2.75, 3.05) is 18.4 Å². The van der Waals surface area contributed by atoms with Crippen LogP contribution in [0.25, 0.3) is 11.4 Å². The highest BCUT2D eigenvalue weighted by molar-refractivity contribution is 5.93. The summed E-state index contributed by atoms with van der Waals surface area (Å²) in [6.07, 6.45) is 3.76. The second kappa shape index (κ2) is 9.26. The van der Waals surface area contributed by atoms with Crippen molar-refractivity contribution < 1.29 is 4.79 Å². The van der Waals surface area contributed by atoms with Gasteiger partial charge in [0.25, 0.3) is 5.91 Å². The minimum Gasteiger partial charge on any atom is -0.347 e. The summed E-state index contributed by atoms with van der Waals surface area (Å²) < 4.78 is 1.72. The van der Waals surface area contributed by atoms with Crippen LogP contribution in [0.4, 0.5) is 11.6 Å². The Hall–Kier alpha value is -3.26. The van der Waals surface area contributed by atoms with Crippen molar-refractivity contribution in [3.63, 3.8) is 0 Å². The summed E-state index contributed by atoms with van der Waals surface area (Å²) in [7, 11) is 0. The molecule has 1 saturated heterocycles. The molecule has 162 valence electrons. The Labute approximate surface area is 182 Å². The number of hydrogen-bond donors (Lipinski definition) is 3. The number of anilines is 2. The fourth-order valence-electron chi connectivity index (χ4n) is 3.94. The first-order chi connectivity index (χ1) is 15.0. The average molecular weight is 420 g/mol.